The summed E-state index contributed by atoms with van der Waals surface area (Å²) in [6.07, 6.45) is 0. The Kier molecular flexibility index (Phi) is 5.62. The van der Waals surface area contributed by atoms with E-state index in [2.05, 4.69) is 41.8 Å². The third-order valence-electron chi connectivity index (χ3n) is 4.84. The van der Waals surface area contributed by atoms with Crippen molar-refractivity contribution in [1.82, 2.24) is 9.97 Å². The van der Waals surface area contributed by atoms with Gasteiger partial charge in [-0.05, 0) is 54.6 Å². The Labute approximate surface area is 207 Å². The molecular formula is C24H12Br2N2O6. The average Bonchev–Trinajstić information content (AvgIpc) is 2.79. The fourth-order valence-electron chi connectivity index (χ4n) is 3.41. The zero-order valence-electron chi connectivity index (χ0n) is 17.3. The highest BCUT2D eigenvalue weighted by molar-refractivity contribution is 9.10. The molecule has 34 heavy (non-hydrogen) atoms. The second-order valence-corrected chi connectivity index (χ2v) is 9.11. The minimum Gasteiger partial charge on any atom is -0.427 e. The van der Waals surface area contributed by atoms with Crippen molar-refractivity contribution in [2.45, 2.75) is 6.92 Å². The van der Waals surface area contributed by atoms with Crippen LogP contribution in [0.4, 0.5) is 0 Å². The number of esters is 1. The summed E-state index contributed by atoms with van der Waals surface area (Å²) in [4.78, 5) is 45.6. The van der Waals surface area contributed by atoms with Gasteiger partial charge < -0.3 is 13.6 Å². The number of nitrogens with zero attached hydrogens (tertiary/aromatic N) is 2. The molecule has 2 aromatic heterocycles. The van der Waals surface area contributed by atoms with Gasteiger partial charge in [-0.1, -0.05) is 31.9 Å². The van der Waals surface area contributed by atoms with E-state index in [4.69, 9.17) is 13.6 Å². The number of rotatable bonds is 3. The smallest absolute Gasteiger partial charge is 0.347 e. The van der Waals surface area contributed by atoms with Gasteiger partial charge in [-0.15, -0.1) is 0 Å². The maximum Gasteiger partial charge on any atom is 0.347 e. The van der Waals surface area contributed by atoms with Gasteiger partial charge in [0.2, 0.25) is 11.8 Å². The maximum atomic E-state index is 12.6. The highest BCUT2D eigenvalue weighted by atomic mass is 79.9. The molecule has 10 heteroatoms. The Morgan fingerprint density at radius 3 is 1.68 bits per heavy atom. The third-order valence-corrected chi connectivity index (χ3v) is 5.83. The molecular weight excluding hydrogens is 572 g/mol. The molecule has 0 aliphatic carbocycles. The molecule has 5 aromatic rings. The van der Waals surface area contributed by atoms with E-state index in [0.717, 1.165) is 0 Å². The van der Waals surface area contributed by atoms with Crippen LogP contribution >= 0.6 is 31.9 Å². The largest absolute Gasteiger partial charge is 0.427 e. The van der Waals surface area contributed by atoms with Crippen molar-refractivity contribution in [1.29, 1.82) is 0 Å². The highest BCUT2D eigenvalue weighted by Gasteiger charge is 2.16. The zero-order chi connectivity index (χ0) is 24.0. The van der Waals surface area contributed by atoms with Crippen molar-refractivity contribution >= 4 is 59.6 Å². The van der Waals surface area contributed by atoms with Crippen molar-refractivity contribution < 1.29 is 18.4 Å². The van der Waals surface area contributed by atoms with Crippen LogP contribution in [0.5, 0.6) is 5.75 Å². The topological polar surface area (TPSA) is 113 Å². The Hall–Kier alpha value is -3.63. The molecule has 0 spiro atoms. The first-order chi connectivity index (χ1) is 16.3. The Morgan fingerprint density at radius 1 is 0.765 bits per heavy atom. The summed E-state index contributed by atoms with van der Waals surface area (Å²) in [7, 11) is 0. The van der Waals surface area contributed by atoms with E-state index in [-0.39, 0.29) is 17.5 Å². The molecule has 0 saturated heterocycles. The molecule has 3 aromatic carbocycles. The normalized spacial score (nSPS) is 11.1. The predicted octanol–water partition coefficient (Wildman–Crippen LogP) is 5.47. The second kappa shape index (κ2) is 8.62. The monoisotopic (exact) mass is 582 g/mol. The molecule has 0 bridgehead atoms. The zero-order valence-corrected chi connectivity index (χ0v) is 20.5. The molecule has 2 heterocycles. The maximum absolute atomic E-state index is 12.6. The van der Waals surface area contributed by atoms with Crippen LogP contribution in [0.15, 0.2) is 82.0 Å². The lowest BCUT2D eigenvalue weighted by Gasteiger charge is -2.09. The summed E-state index contributed by atoms with van der Waals surface area (Å²) in [5, 5.41) is 0.616. The molecule has 0 saturated carbocycles. The van der Waals surface area contributed by atoms with Crippen molar-refractivity contribution in [3.05, 3.63) is 84.4 Å². The fraction of sp³-hybridized carbons (Fsp3) is 0.0417. The van der Waals surface area contributed by atoms with E-state index in [9.17, 15) is 14.4 Å². The standard InChI is InChI=1S/C24H12Br2N2O6/c1-11(29)32-16-7-12(21-27-19-4-2-14(25)9-17(19)23(30)33-21)6-13(8-16)22-28-20-5-3-15(26)10-18(20)24(31)34-22/h2-10H,1H3. The lowest BCUT2D eigenvalue weighted by atomic mass is 10.1. The number of benzene rings is 3. The molecule has 0 radical (unpaired) electrons. The predicted molar refractivity (Wildman–Crippen MR) is 132 cm³/mol. The summed E-state index contributed by atoms with van der Waals surface area (Å²) >= 11 is 6.64. The Morgan fingerprint density at radius 2 is 1.24 bits per heavy atom. The highest BCUT2D eigenvalue weighted by Crippen LogP contribution is 2.31. The van der Waals surface area contributed by atoms with Crippen LogP contribution in [0, 0.1) is 0 Å². The van der Waals surface area contributed by atoms with Crippen LogP contribution in [0.1, 0.15) is 6.92 Å². The quantitative estimate of drug-likeness (QED) is 0.203. The van der Waals surface area contributed by atoms with E-state index in [0.29, 0.717) is 41.9 Å². The molecule has 5 rings (SSSR count). The van der Waals surface area contributed by atoms with Gasteiger partial charge in [-0.25, -0.2) is 19.6 Å². The number of fused-ring (bicyclic) bond motifs is 2. The van der Waals surface area contributed by atoms with E-state index in [1.54, 1.807) is 42.5 Å². The summed E-state index contributed by atoms with van der Waals surface area (Å²) in [6, 6.07) is 14.7. The van der Waals surface area contributed by atoms with E-state index in [1.807, 2.05) is 0 Å². The summed E-state index contributed by atoms with van der Waals surface area (Å²) < 4.78 is 17.6. The van der Waals surface area contributed by atoms with E-state index in [1.165, 1.54) is 19.1 Å². The average molecular weight is 584 g/mol. The van der Waals surface area contributed by atoms with Crippen LogP contribution in [0.3, 0.4) is 0 Å². The molecule has 0 aliphatic rings. The minimum atomic E-state index is -0.582. The summed E-state index contributed by atoms with van der Waals surface area (Å²) in [5.74, 6) is -0.413. The van der Waals surface area contributed by atoms with Gasteiger partial charge in [0.1, 0.15) is 5.75 Å². The Bertz CT molecular complexity index is 1620. The van der Waals surface area contributed by atoms with Gasteiger partial charge in [-0.2, -0.15) is 0 Å². The molecule has 0 unspecified atom stereocenters. The molecule has 0 atom stereocenters. The van der Waals surface area contributed by atoms with Crippen molar-refractivity contribution in [3.8, 4) is 28.7 Å². The SMILES string of the molecule is CC(=O)Oc1cc(-c2nc3ccc(Br)cc3c(=O)o2)cc(-c2nc3ccc(Br)cc3c(=O)o2)c1. The molecule has 168 valence electrons. The fourth-order valence-corrected chi connectivity index (χ4v) is 4.13. The van der Waals surface area contributed by atoms with Gasteiger partial charge in [0.25, 0.3) is 0 Å². The summed E-state index contributed by atoms with van der Waals surface area (Å²) in [6.45, 7) is 1.25. The first-order valence-electron chi connectivity index (χ1n) is 9.82. The van der Waals surface area contributed by atoms with Gasteiger partial charge in [0, 0.05) is 27.0 Å². The van der Waals surface area contributed by atoms with Crippen LogP contribution in [-0.4, -0.2) is 15.9 Å². The number of halogens is 2. The number of carbonyl (C=O) groups is 1. The van der Waals surface area contributed by atoms with Crippen LogP contribution in [-0.2, 0) is 4.79 Å². The number of carbonyl (C=O) groups excluding carboxylic acids is 1. The molecule has 0 aliphatic heterocycles. The van der Waals surface area contributed by atoms with Gasteiger partial charge in [-0.3, -0.25) is 4.79 Å². The first-order valence-corrected chi connectivity index (χ1v) is 11.4. The first kappa shape index (κ1) is 22.2. The molecule has 0 fully saturated rings. The molecule has 0 N–H and O–H groups in total. The second-order valence-electron chi connectivity index (χ2n) is 7.28. The number of ether oxygens (including phenoxy) is 1. The van der Waals surface area contributed by atoms with Gasteiger partial charge >= 0.3 is 17.2 Å². The third kappa shape index (κ3) is 4.29. The van der Waals surface area contributed by atoms with E-state index < -0.39 is 17.2 Å². The number of hydrogen-bond donors (Lipinski definition) is 0. The van der Waals surface area contributed by atoms with Crippen LogP contribution < -0.4 is 16.0 Å². The van der Waals surface area contributed by atoms with Crippen molar-refractivity contribution in [2.75, 3.05) is 0 Å². The lowest BCUT2D eigenvalue weighted by Crippen LogP contribution is -2.05. The summed E-state index contributed by atoms with van der Waals surface area (Å²) in [5.41, 5.74) is 0.347. The molecule has 8 nitrogen and oxygen atoms in total. The van der Waals surface area contributed by atoms with E-state index >= 15 is 0 Å². The molecule has 0 amide bonds. The van der Waals surface area contributed by atoms with Gasteiger partial charge in [0.05, 0.1) is 21.8 Å². The van der Waals surface area contributed by atoms with Crippen molar-refractivity contribution in [3.63, 3.8) is 0 Å². The van der Waals surface area contributed by atoms with Gasteiger partial charge in [0.15, 0.2) is 0 Å². The number of hydrogen-bond acceptors (Lipinski definition) is 8. The lowest BCUT2D eigenvalue weighted by molar-refractivity contribution is -0.131. The minimum absolute atomic E-state index is 0.00198. The Balaban J connectivity index is 1.72. The van der Waals surface area contributed by atoms with Crippen molar-refractivity contribution in [2.24, 2.45) is 0 Å². The van der Waals surface area contributed by atoms with Crippen LogP contribution in [0.25, 0.3) is 44.7 Å². The number of aromatic nitrogens is 2. The van der Waals surface area contributed by atoms with Crippen LogP contribution in [0.2, 0.25) is 0 Å².